The number of primary sulfonamides is 1. The highest BCUT2D eigenvalue weighted by Crippen LogP contribution is 2.18. The number of hydrogen-bond acceptors (Lipinski definition) is 5. The predicted octanol–water partition coefficient (Wildman–Crippen LogP) is -0.127. The summed E-state index contributed by atoms with van der Waals surface area (Å²) in [5.74, 6) is -0.187. The maximum Gasteiger partial charge on any atom is 0.225 e. The third kappa shape index (κ3) is 2.89. The second-order valence-corrected chi connectivity index (χ2v) is 5.85. The predicted molar refractivity (Wildman–Crippen MR) is 60.3 cm³/mol. The van der Waals surface area contributed by atoms with Crippen molar-refractivity contribution in [2.75, 3.05) is 18.0 Å². The van der Waals surface area contributed by atoms with Gasteiger partial charge in [-0.15, -0.1) is 0 Å². The Morgan fingerprint density at radius 2 is 2.06 bits per heavy atom. The smallest absolute Gasteiger partial charge is 0.225 e. The van der Waals surface area contributed by atoms with Crippen LogP contribution in [0.25, 0.3) is 0 Å². The van der Waals surface area contributed by atoms with E-state index in [1.54, 1.807) is 4.90 Å². The number of piperidine rings is 1. The second-order valence-electron chi connectivity index (χ2n) is 4.00. The van der Waals surface area contributed by atoms with E-state index in [0.29, 0.717) is 25.3 Å². The van der Waals surface area contributed by atoms with E-state index < -0.39 is 21.1 Å². The summed E-state index contributed by atoms with van der Waals surface area (Å²) in [6, 6.07) is 0. The summed E-state index contributed by atoms with van der Waals surface area (Å²) in [5, 5.41) is 4.51. The normalized spacial score (nSPS) is 21.5. The molecule has 0 saturated carbocycles. The minimum absolute atomic E-state index is 0.254. The fraction of sp³-hybridized carbons (Fsp3) is 0.556. The number of hydrogen-bond donors (Lipinski definition) is 1. The molecule has 94 valence electrons. The zero-order chi connectivity index (χ0) is 12.5. The summed E-state index contributed by atoms with van der Waals surface area (Å²) in [7, 11) is -3.55. The minimum atomic E-state index is -3.55. The average molecular weight is 260 g/mol. The molecule has 0 bridgehead atoms. The highest BCUT2D eigenvalue weighted by molar-refractivity contribution is 7.89. The van der Waals surface area contributed by atoms with Crippen LogP contribution < -0.4 is 10.0 Å². The van der Waals surface area contributed by atoms with E-state index in [4.69, 9.17) is 5.14 Å². The lowest BCUT2D eigenvalue weighted by molar-refractivity contribution is 0.526. The number of anilines is 1. The van der Waals surface area contributed by atoms with Gasteiger partial charge in [0.05, 0.1) is 17.6 Å². The van der Waals surface area contributed by atoms with E-state index in [-0.39, 0.29) is 6.54 Å². The Morgan fingerprint density at radius 1 is 1.41 bits per heavy atom. The molecule has 0 aromatic carbocycles. The van der Waals surface area contributed by atoms with Crippen LogP contribution in [0.3, 0.4) is 0 Å². The standard InChI is InChI=1S/C9H13FN4O2S/c10-7-4-12-9(13-5-7)14-3-1-2-8(6-14)17(11,15)16/h4-5,8H,1-3,6H2,(H2,11,15,16). The van der Waals surface area contributed by atoms with Crippen molar-refractivity contribution in [1.29, 1.82) is 0 Å². The number of sulfonamides is 1. The number of nitrogens with zero attached hydrogens (tertiary/aromatic N) is 3. The lowest BCUT2D eigenvalue weighted by atomic mass is 10.1. The molecule has 1 aliphatic rings. The van der Waals surface area contributed by atoms with E-state index in [0.717, 1.165) is 12.4 Å². The molecule has 1 aromatic rings. The number of aromatic nitrogens is 2. The van der Waals surface area contributed by atoms with Crippen molar-refractivity contribution in [3.05, 3.63) is 18.2 Å². The Kier molecular flexibility index (Phi) is 3.25. The first-order chi connectivity index (χ1) is 7.97. The van der Waals surface area contributed by atoms with Crippen LogP contribution in [0.1, 0.15) is 12.8 Å². The maximum absolute atomic E-state index is 12.7. The van der Waals surface area contributed by atoms with Crippen molar-refractivity contribution < 1.29 is 12.8 Å². The molecule has 8 heteroatoms. The number of halogens is 1. The van der Waals surface area contributed by atoms with Gasteiger partial charge in [-0.05, 0) is 12.8 Å². The molecule has 2 rings (SSSR count). The Balaban J connectivity index is 2.15. The number of nitrogens with two attached hydrogens (primary N) is 1. The molecule has 0 aliphatic carbocycles. The van der Waals surface area contributed by atoms with Gasteiger partial charge in [0.15, 0.2) is 5.82 Å². The molecule has 0 amide bonds. The lowest BCUT2D eigenvalue weighted by Crippen LogP contribution is -2.45. The molecule has 17 heavy (non-hydrogen) atoms. The molecule has 1 fully saturated rings. The van der Waals surface area contributed by atoms with Gasteiger partial charge >= 0.3 is 0 Å². The summed E-state index contributed by atoms with van der Waals surface area (Å²) in [6.45, 7) is 0.905. The van der Waals surface area contributed by atoms with Crippen LogP contribution in [-0.2, 0) is 10.0 Å². The quantitative estimate of drug-likeness (QED) is 0.800. The summed E-state index contributed by atoms with van der Waals surface area (Å²) < 4.78 is 35.2. The topological polar surface area (TPSA) is 89.2 Å². The minimum Gasteiger partial charge on any atom is -0.339 e. The van der Waals surface area contributed by atoms with Crippen LogP contribution in [0.5, 0.6) is 0 Å². The zero-order valence-corrected chi connectivity index (χ0v) is 9.90. The first kappa shape index (κ1) is 12.2. The molecule has 1 atom stereocenters. The molecule has 1 aliphatic heterocycles. The molecule has 6 nitrogen and oxygen atoms in total. The van der Waals surface area contributed by atoms with Crippen molar-refractivity contribution >= 4 is 16.0 Å². The van der Waals surface area contributed by atoms with Crippen LogP contribution in [0.15, 0.2) is 12.4 Å². The highest BCUT2D eigenvalue weighted by atomic mass is 32.2. The van der Waals surface area contributed by atoms with E-state index in [1.165, 1.54) is 0 Å². The SMILES string of the molecule is NS(=O)(=O)C1CCCN(c2ncc(F)cn2)C1. The maximum atomic E-state index is 12.7. The van der Waals surface area contributed by atoms with Crippen LogP contribution >= 0.6 is 0 Å². The molecule has 2 heterocycles. The summed E-state index contributed by atoms with van der Waals surface area (Å²) in [4.78, 5) is 9.35. The van der Waals surface area contributed by atoms with Gasteiger partial charge in [-0.1, -0.05) is 0 Å². The van der Waals surface area contributed by atoms with Gasteiger partial charge in [0, 0.05) is 13.1 Å². The van der Waals surface area contributed by atoms with Crippen molar-refractivity contribution in [2.45, 2.75) is 18.1 Å². The van der Waals surface area contributed by atoms with Crippen molar-refractivity contribution in [3.63, 3.8) is 0 Å². The van der Waals surface area contributed by atoms with Crippen molar-refractivity contribution in [3.8, 4) is 0 Å². The summed E-state index contributed by atoms with van der Waals surface area (Å²) in [5.41, 5.74) is 0. The molecule has 1 aromatic heterocycles. The third-order valence-electron chi connectivity index (χ3n) is 2.73. The van der Waals surface area contributed by atoms with Gasteiger partial charge < -0.3 is 4.90 Å². The van der Waals surface area contributed by atoms with E-state index >= 15 is 0 Å². The van der Waals surface area contributed by atoms with E-state index in [9.17, 15) is 12.8 Å². The van der Waals surface area contributed by atoms with Crippen LogP contribution in [0.2, 0.25) is 0 Å². The molecule has 1 saturated heterocycles. The van der Waals surface area contributed by atoms with Gasteiger partial charge in [-0.2, -0.15) is 0 Å². The van der Waals surface area contributed by atoms with Gasteiger partial charge in [0.2, 0.25) is 16.0 Å². The van der Waals surface area contributed by atoms with Gasteiger partial charge in [-0.25, -0.2) is 27.9 Å². The zero-order valence-electron chi connectivity index (χ0n) is 9.08. The largest absolute Gasteiger partial charge is 0.339 e. The summed E-state index contributed by atoms with van der Waals surface area (Å²) in [6.07, 6.45) is 3.35. The Morgan fingerprint density at radius 3 is 2.65 bits per heavy atom. The van der Waals surface area contributed by atoms with Gasteiger partial charge in [0.1, 0.15) is 0 Å². The fourth-order valence-electron chi connectivity index (χ4n) is 1.86. The monoisotopic (exact) mass is 260 g/mol. The molecular weight excluding hydrogens is 247 g/mol. The average Bonchev–Trinajstić information content (AvgIpc) is 2.29. The van der Waals surface area contributed by atoms with E-state index in [1.807, 2.05) is 0 Å². The molecular formula is C9H13FN4O2S. The van der Waals surface area contributed by atoms with Crippen LogP contribution in [-0.4, -0.2) is 36.7 Å². The molecule has 0 spiro atoms. The lowest BCUT2D eigenvalue weighted by Gasteiger charge is -2.31. The van der Waals surface area contributed by atoms with Crippen molar-refractivity contribution in [2.24, 2.45) is 5.14 Å². The molecule has 2 N–H and O–H groups in total. The second kappa shape index (κ2) is 4.53. The van der Waals surface area contributed by atoms with Crippen LogP contribution in [0.4, 0.5) is 10.3 Å². The van der Waals surface area contributed by atoms with Gasteiger partial charge in [-0.3, -0.25) is 0 Å². The van der Waals surface area contributed by atoms with Crippen LogP contribution in [0, 0.1) is 5.82 Å². The Hall–Kier alpha value is -1.28. The first-order valence-electron chi connectivity index (χ1n) is 5.21. The highest BCUT2D eigenvalue weighted by Gasteiger charge is 2.29. The number of rotatable bonds is 2. The Labute approximate surface area is 98.7 Å². The molecule has 1 unspecified atom stereocenters. The fourth-order valence-corrected chi connectivity index (χ4v) is 2.74. The summed E-state index contributed by atoms with van der Waals surface area (Å²) >= 11 is 0. The molecule has 0 radical (unpaired) electrons. The Bertz CT molecular complexity index is 490. The van der Waals surface area contributed by atoms with E-state index in [2.05, 4.69) is 9.97 Å². The first-order valence-corrected chi connectivity index (χ1v) is 6.82. The third-order valence-corrected chi connectivity index (χ3v) is 4.05. The van der Waals surface area contributed by atoms with Gasteiger partial charge in [0.25, 0.3) is 0 Å². The van der Waals surface area contributed by atoms with Crippen molar-refractivity contribution in [1.82, 2.24) is 9.97 Å².